The Morgan fingerprint density at radius 1 is 1.10 bits per heavy atom. The standard InChI is InChI=1S/C16H13NO2S/c18-16(17-11-14-3-2-10-20-14)13-7-5-12(6-8-13)15-4-1-9-19-15/h1-10H,11H2,(H,17,18). The molecule has 0 fully saturated rings. The van der Waals surface area contributed by atoms with Gasteiger partial charge in [-0.25, -0.2) is 0 Å². The van der Waals surface area contributed by atoms with Gasteiger partial charge in [0.2, 0.25) is 0 Å². The van der Waals surface area contributed by atoms with E-state index in [-0.39, 0.29) is 5.91 Å². The van der Waals surface area contributed by atoms with Crippen molar-refractivity contribution in [2.75, 3.05) is 0 Å². The second kappa shape index (κ2) is 5.75. The minimum absolute atomic E-state index is 0.0654. The first-order chi connectivity index (χ1) is 9.83. The first-order valence-corrected chi connectivity index (χ1v) is 7.15. The van der Waals surface area contributed by atoms with Gasteiger partial charge >= 0.3 is 0 Å². The molecule has 0 aliphatic heterocycles. The zero-order valence-electron chi connectivity index (χ0n) is 10.7. The summed E-state index contributed by atoms with van der Waals surface area (Å²) >= 11 is 1.63. The average Bonchev–Trinajstić information content (AvgIpc) is 3.18. The van der Waals surface area contributed by atoms with Gasteiger partial charge in [0.1, 0.15) is 5.76 Å². The molecule has 0 aliphatic carbocycles. The lowest BCUT2D eigenvalue weighted by molar-refractivity contribution is 0.0951. The molecule has 4 heteroatoms. The Kier molecular flexibility index (Phi) is 3.65. The fraction of sp³-hybridized carbons (Fsp3) is 0.0625. The Labute approximate surface area is 120 Å². The predicted octanol–water partition coefficient (Wildman–Crippen LogP) is 3.94. The van der Waals surface area contributed by atoms with E-state index in [4.69, 9.17) is 4.42 Å². The van der Waals surface area contributed by atoms with Crippen LogP contribution in [0.25, 0.3) is 11.3 Å². The smallest absolute Gasteiger partial charge is 0.251 e. The average molecular weight is 283 g/mol. The molecule has 2 heterocycles. The summed E-state index contributed by atoms with van der Waals surface area (Å²) in [6, 6.07) is 15.1. The summed E-state index contributed by atoms with van der Waals surface area (Å²) in [6.45, 7) is 0.566. The van der Waals surface area contributed by atoms with Crippen LogP contribution in [-0.2, 0) is 6.54 Å². The quantitative estimate of drug-likeness (QED) is 0.788. The van der Waals surface area contributed by atoms with Crippen molar-refractivity contribution in [1.82, 2.24) is 5.32 Å². The highest BCUT2D eigenvalue weighted by Crippen LogP contribution is 2.20. The van der Waals surface area contributed by atoms with E-state index < -0.39 is 0 Å². The molecule has 0 unspecified atom stereocenters. The van der Waals surface area contributed by atoms with Crippen LogP contribution in [0, 0.1) is 0 Å². The fourth-order valence-corrected chi connectivity index (χ4v) is 2.56. The summed E-state index contributed by atoms with van der Waals surface area (Å²) in [5.41, 5.74) is 1.61. The Morgan fingerprint density at radius 3 is 2.60 bits per heavy atom. The number of nitrogens with one attached hydrogen (secondary N) is 1. The monoisotopic (exact) mass is 283 g/mol. The number of rotatable bonds is 4. The molecular weight excluding hydrogens is 270 g/mol. The summed E-state index contributed by atoms with van der Waals surface area (Å²) < 4.78 is 5.32. The van der Waals surface area contributed by atoms with Gasteiger partial charge in [0, 0.05) is 16.0 Å². The van der Waals surface area contributed by atoms with Gasteiger partial charge in [-0.15, -0.1) is 11.3 Å². The summed E-state index contributed by atoms with van der Waals surface area (Å²) in [4.78, 5) is 13.2. The van der Waals surface area contributed by atoms with E-state index in [1.54, 1.807) is 17.6 Å². The van der Waals surface area contributed by atoms with Gasteiger partial charge in [-0.05, 0) is 35.7 Å². The molecule has 0 radical (unpaired) electrons. The van der Waals surface area contributed by atoms with Crippen LogP contribution in [0.1, 0.15) is 15.2 Å². The third-order valence-corrected chi connectivity index (χ3v) is 3.83. The van der Waals surface area contributed by atoms with E-state index in [1.165, 1.54) is 0 Å². The van der Waals surface area contributed by atoms with Crippen molar-refractivity contribution < 1.29 is 9.21 Å². The number of furan rings is 1. The molecule has 100 valence electrons. The van der Waals surface area contributed by atoms with E-state index in [1.807, 2.05) is 53.9 Å². The maximum Gasteiger partial charge on any atom is 0.251 e. The van der Waals surface area contributed by atoms with E-state index >= 15 is 0 Å². The molecule has 0 saturated carbocycles. The Balaban J connectivity index is 1.66. The molecule has 3 rings (SSSR count). The van der Waals surface area contributed by atoms with Gasteiger partial charge in [0.15, 0.2) is 0 Å². The van der Waals surface area contributed by atoms with Crippen molar-refractivity contribution >= 4 is 17.2 Å². The van der Waals surface area contributed by atoms with Crippen LogP contribution in [0.3, 0.4) is 0 Å². The summed E-state index contributed by atoms with van der Waals surface area (Å²) in [5.74, 6) is 0.736. The predicted molar refractivity (Wildman–Crippen MR) is 79.6 cm³/mol. The SMILES string of the molecule is O=C(NCc1cccs1)c1ccc(-c2ccco2)cc1. The van der Waals surface area contributed by atoms with Gasteiger partial charge in [-0.1, -0.05) is 18.2 Å². The molecule has 2 aromatic heterocycles. The molecule has 0 spiro atoms. The lowest BCUT2D eigenvalue weighted by Crippen LogP contribution is -2.22. The minimum Gasteiger partial charge on any atom is -0.464 e. The molecule has 3 nitrogen and oxygen atoms in total. The van der Waals surface area contributed by atoms with Crippen LogP contribution in [0.5, 0.6) is 0 Å². The van der Waals surface area contributed by atoms with Crippen LogP contribution in [0.15, 0.2) is 64.6 Å². The lowest BCUT2D eigenvalue weighted by atomic mass is 10.1. The van der Waals surface area contributed by atoms with E-state index in [2.05, 4.69) is 5.32 Å². The summed E-state index contributed by atoms with van der Waals surface area (Å²) in [5, 5.41) is 4.90. The number of amides is 1. The van der Waals surface area contributed by atoms with Crippen LogP contribution in [0.2, 0.25) is 0 Å². The normalized spacial score (nSPS) is 10.4. The highest BCUT2D eigenvalue weighted by Gasteiger charge is 2.07. The highest BCUT2D eigenvalue weighted by molar-refractivity contribution is 7.09. The highest BCUT2D eigenvalue weighted by atomic mass is 32.1. The second-order valence-corrected chi connectivity index (χ2v) is 5.35. The summed E-state index contributed by atoms with van der Waals surface area (Å²) in [6.07, 6.45) is 1.64. The molecular formula is C16H13NO2S. The number of thiophene rings is 1. The number of carbonyl (C=O) groups is 1. The molecule has 1 amide bonds. The van der Waals surface area contributed by atoms with Gasteiger partial charge < -0.3 is 9.73 Å². The van der Waals surface area contributed by atoms with Gasteiger partial charge in [-0.3, -0.25) is 4.79 Å². The number of hydrogen-bond donors (Lipinski definition) is 1. The maximum atomic E-state index is 12.0. The molecule has 20 heavy (non-hydrogen) atoms. The number of hydrogen-bond acceptors (Lipinski definition) is 3. The lowest BCUT2D eigenvalue weighted by Gasteiger charge is -2.04. The zero-order chi connectivity index (χ0) is 13.8. The van der Waals surface area contributed by atoms with E-state index in [0.29, 0.717) is 12.1 Å². The minimum atomic E-state index is -0.0654. The molecule has 0 bridgehead atoms. The number of benzene rings is 1. The maximum absolute atomic E-state index is 12.0. The van der Waals surface area contributed by atoms with Crippen molar-refractivity contribution in [3.8, 4) is 11.3 Å². The first-order valence-electron chi connectivity index (χ1n) is 6.27. The van der Waals surface area contributed by atoms with Crippen LogP contribution in [-0.4, -0.2) is 5.91 Å². The molecule has 3 aromatic rings. The van der Waals surface area contributed by atoms with Crippen molar-refractivity contribution in [3.05, 3.63) is 70.6 Å². The van der Waals surface area contributed by atoms with Gasteiger partial charge in [0.25, 0.3) is 5.91 Å². The van der Waals surface area contributed by atoms with Crippen LogP contribution in [0.4, 0.5) is 0 Å². The Morgan fingerprint density at radius 2 is 1.95 bits per heavy atom. The van der Waals surface area contributed by atoms with E-state index in [0.717, 1.165) is 16.2 Å². The van der Waals surface area contributed by atoms with E-state index in [9.17, 15) is 4.79 Å². The van der Waals surface area contributed by atoms with Crippen LogP contribution >= 0.6 is 11.3 Å². The Bertz CT molecular complexity index is 670. The van der Waals surface area contributed by atoms with Crippen molar-refractivity contribution in [3.63, 3.8) is 0 Å². The van der Waals surface area contributed by atoms with Crippen molar-refractivity contribution in [2.45, 2.75) is 6.54 Å². The molecule has 0 aliphatic rings. The summed E-state index contributed by atoms with van der Waals surface area (Å²) in [7, 11) is 0. The topological polar surface area (TPSA) is 42.2 Å². The van der Waals surface area contributed by atoms with Gasteiger partial charge in [-0.2, -0.15) is 0 Å². The molecule has 1 N–H and O–H groups in total. The molecule has 0 saturated heterocycles. The third-order valence-electron chi connectivity index (χ3n) is 2.96. The Hall–Kier alpha value is -2.33. The van der Waals surface area contributed by atoms with Crippen molar-refractivity contribution in [2.24, 2.45) is 0 Å². The van der Waals surface area contributed by atoms with Crippen LogP contribution < -0.4 is 5.32 Å². The number of carbonyl (C=O) groups excluding carboxylic acids is 1. The second-order valence-electron chi connectivity index (χ2n) is 4.32. The van der Waals surface area contributed by atoms with Gasteiger partial charge in [0.05, 0.1) is 12.8 Å². The molecule has 0 atom stereocenters. The zero-order valence-corrected chi connectivity index (χ0v) is 11.5. The molecule has 1 aromatic carbocycles. The van der Waals surface area contributed by atoms with Crippen molar-refractivity contribution in [1.29, 1.82) is 0 Å². The fourth-order valence-electron chi connectivity index (χ4n) is 1.91. The third kappa shape index (κ3) is 2.81. The largest absolute Gasteiger partial charge is 0.464 e. The first kappa shape index (κ1) is 12.7.